The van der Waals surface area contributed by atoms with Gasteiger partial charge in [0.15, 0.2) is 0 Å². The Morgan fingerprint density at radius 2 is 0.961 bits per heavy atom. The van der Waals surface area contributed by atoms with Gasteiger partial charge in [0.05, 0.1) is 17.9 Å². The second-order valence-electron chi connectivity index (χ2n) is 13.9. The minimum absolute atomic E-state index is 0.261. The Labute approximate surface area is 314 Å². The fraction of sp³-hybridized carbons (Fsp3) is 0.705. The Bertz CT molecular complexity index is 1070. The van der Waals surface area contributed by atoms with Crippen LogP contribution in [-0.4, -0.2) is 41.9 Å². The normalized spacial score (nSPS) is 14.0. The van der Waals surface area contributed by atoms with E-state index >= 15 is 0 Å². The predicted molar refractivity (Wildman–Crippen MR) is 221 cm³/mol. The van der Waals surface area contributed by atoms with E-state index in [0.29, 0.717) is 12.8 Å². The lowest BCUT2D eigenvalue weighted by molar-refractivity contribution is -0.122. The molecule has 0 aliphatic heterocycles. The van der Waals surface area contributed by atoms with Gasteiger partial charge >= 0.3 is 0 Å². The van der Waals surface area contributed by atoms with Gasteiger partial charge in [-0.15, -0.1) is 0 Å². The van der Waals surface area contributed by atoms with Gasteiger partial charge < -0.3 is 10.4 Å². The molecular formula is C44H77NO5S. The second-order valence-corrected chi connectivity index (χ2v) is 15.4. The number of carbonyl (C=O) groups is 1. The summed E-state index contributed by atoms with van der Waals surface area (Å²) in [5.41, 5.74) is 0. The van der Waals surface area contributed by atoms with E-state index in [4.69, 9.17) is 0 Å². The third-order valence-electron chi connectivity index (χ3n) is 8.84. The van der Waals surface area contributed by atoms with Gasteiger partial charge in [-0.05, 0) is 77.0 Å². The third kappa shape index (κ3) is 38.8. The number of amides is 1. The molecule has 0 aromatic rings. The van der Waals surface area contributed by atoms with Crippen LogP contribution in [-0.2, 0) is 14.9 Å². The number of allylic oxidation sites excluding steroid dienone is 11. The molecular weight excluding hydrogens is 655 g/mol. The maximum absolute atomic E-state index is 12.5. The fourth-order valence-corrected chi connectivity index (χ4v) is 6.52. The molecule has 0 fully saturated rings. The number of aliphatic hydroxyl groups excluding tert-OH is 1. The van der Waals surface area contributed by atoms with Gasteiger partial charge in [-0.25, -0.2) is 0 Å². The highest BCUT2D eigenvalue weighted by Gasteiger charge is 2.24. The summed E-state index contributed by atoms with van der Waals surface area (Å²) in [7, 11) is -4.37. The SMILES string of the molecule is CC/C=C\C/C=C\C/C=C\CCCCCCCC(=O)NC(CS(=O)(=O)O)C(O)/C=C/CC/C=C/CC/C=C/CCCCCCCCCCCCC. The van der Waals surface area contributed by atoms with Crippen LogP contribution in [0.2, 0.25) is 0 Å². The predicted octanol–water partition coefficient (Wildman–Crippen LogP) is 12.2. The van der Waals surface area contributed by atoms with E-state index in [2.05, 4.69) is 79.9 Å². The fourth-order valence-electron chi connectivity index (χ4n) is 5.79. The molecule has 0 aromatic heterocycles. The summed E-state index contributed by atoms with van der Waals surface area (Å²) in [6.45, 7) is 4.41. The molecule has 0 aliphatic carbocycles. The summed E-state index contributed by atoms with van der Waals surface area (Å²) >= 11 is 0. The Morgan fingerprint density at radius 1 is 0.549 bits per heavy atom. The highest BCUT2D eigenvalue weighted by Crippen LogP contribution is 2.13. The van der Waals surface area contributed by atoms with E-state index in [0.717, 1.165) is 70.6 Å². The van der Waals surface area contributed by atoms with Crippen molar-refractivity contribution < 1.29 is 22.9 Å². The second kappa shape index (κ2) is 37.5. The van der Waals surface area contributed by atoms with E-state index in [1.807, 2.05) is 0 Å². The average Bonchev–Trinajstić information content (AvgIpc) is 3.09. The zero-order valence-electron chi connectivity index (χ0n) is 32.7. The highest BCUT2D eigenvalue weighted by atomic mass is 32.2. The monoisotopic (exact) mass is 732 g/mol. The third-order valence-corrected chi connectivity index (χ3v) is 9.62. The van der Waals surface area contributed by atoms with Crippen molar-refractivity contribution in [1.82, 2.24) is 5.32 Å². The maximum Gasteiger partial charge on any atom is 0.267 e. The van der Waals surface area contributed by atoms with Gasteiger partial charge in [-0.1, -0.05) is 170 Å². The number of aliphatic hydroxyl groups is 1. The summed E-state index contributed by atoms with van der Waals surface area (Å²) in [5, 5.41) is 13.2. The molecule has 6 nitrogen and oxygen atoms in total. The van der Waals surface area contributed by atoms with Crippen molar-refractivity contribution in [3.63, 3.8) is 0 Å². The van der Waals surface area contributed by atoms with Crippen LogP contribution in [0.1, 0.15) is 181 Å². The molecule has 1 amide bonds. The largest absolute Gasteiger partial charge is 0.387 e. The minimum atomic E-state index is -4.37. The Morgan fingerprint density at radius 3 is 1.47 bits per heavy atom. The zero-order chi connectivity index (χ0) is 37.5. The van der Waals surface area contributed by atoms with Crippen LogP contribution in [0.4, 0.5) is 0 Å². The van der Waals surface area contributed by atoms with Crippen LogP contribution in [0, 0.1) is 0 Å². The highest BCUT2D eigenvalue weighted by molar-refractivity contribution is 7.85. The smallest absolute Gasteiger partial charge is 0.267 e. The van der Waals surface area contributed by atoms with Gasteiger partial charge in [-0.2, -0.15) is 8.42 Å². The first kappa shape index (κ1) is 48.8. The Hall–Kier alpha value is -2.22. The molecule has 7 heteroatoms. The first-order valence-electron chi connectivity index (χ1n) is 20.6. The van der Waals surface area contributed by atoms with Gasteiger partial charge in [-0.3, -0.25) is 9.35 Å². The van der Waals surface area contributed by atoms with E-state index in [1.165, 1.54) is 83.1 Å². The van der Waals surface area contributed by atoms with Crippen LogP contribution in [0.3, 0.4) is 0 Å². The molecule has 0 bridgehead atoms. The first-order valence-corrected chi connectivity index (χ1v) is 22.2. The lowest BCUT2D eigenvalue weighted by Gasteiger charge is -2.21. The van der Waals surface area contributed by atoms with Crippen LogP contribution in [0.5, 0.6) is 0 Å². The molecule has 2 unspecified atom stereocenters. The molecule has 3 N–H and O–H groups in total. The summed E-state index contributed by atoms with van der Waals surface area (Å²) in [6.07, 6.45) is 53.2. The van der Waals surface area contributed by atoms with Gasteiger partial charge in [0.1, 0.15) is 0 Å². The summed E-state index contributed by atoms with van der Waals surface area (Å²) < 4.78 is 32.5. The van der Waals surface area contributed by atoms with Crippen LogP contribution in [0.15, 0.2) is 72.9 Å². The molecule has 0 radical (unpaired) electrons. The van der Waals surface area contributed by atoms with Crippen molar-refractivity contribution in [2.75, 3.05) is 5.75 Å². The minimum Gasteiger partial charge on any atom is -0.387 e. The molecule has 0 heterocycles. The topological polar surface area (TPSA) is 104 Å². The van der Waals surface area contributed by atoms with E-state index in [9.17, 15) is 22.9 Å². The number of hydrogen-bond donors (Lipinski definition) is 3. The van der Waals surface area contributed by atoms with Crippen molar-refractivity contribution in [2.45, 2.75) is 193 Å². The average molecular weight is 732 g/mol. The van der Waals surface area contributed by atoms with E-state index < -0.39 is 28.0 Å². The number of hydrogen-bond acceptors (Lipinski definition) is 4. The van der Waals surface area contributed by atoms with Crippen molar-refractivity contribution >= 4 is 16.0 Å². The number of rotatable bonds is 36. The number of unbranched alkanes of at least 4 members (excludes halogenated alkanes) is 18. The van der Waals surface area contributed by atoms with Gasteiger partial charge in [0.2, 0.25) is 5.91 Å². The lowest BCUT2D eigenvalue weighted by Crippen LogP contribution is -2.46. The van der Waals surface area contributed by atoms with Crippen LogP contribution < -0.4 is 5.32 Å². The van der Waals surface area contributed by atoms with Crippen molar-refractivity contribution in [3.8, 4) is 0 Å². The molecule has 0 aromatic carbocycles. The molecule has 0 rings (SSSR count). The van der Waals surface area contributed by atoms with Crippen molar-refractivity contribution in [3.05, 3.63) is 72.9 Å². The molecule has 0 saturated heterocycles. The number of nitrogens with one attached hydrogen (secondary N) is 1. The molecule has 2 atom stereocenters. The standard InChI is InChI=1S/C44H77NO5S/c1-3-5-7-9-11-13-15-17-19-20-21-22-23-24-26-27-29-31-33-35-37-39-43(46)42(41-51(48,49)50)45-44(47)40-38-36-34-32-30-28-25-18-16-14-12-10-8-6-4-2/h6,8,12,14,18,23-25,29,31,37,39,42-43,46H,3-5,7,9-11,13,15-17,19-22,26-28,30,32-36,38,40-41H2,1-2H3,(H,45,47)(H,48,49,50)/b8-6-,14-12-,24-23+,25-18-,31-29+,39-37+. The van der Waals surface area contributed by atoms with Crippen molar-refractivity contribution in [1.29, 1.82) is 0 Å². The summed E-state index contributed by atoms with van der Waals surface area (Å²) in [6, 6.07) is -1.09. The van der Waals surface area contributed by atoms with Gasteiger partial charge in [0, 0.05) is 6.42 Å². The molecule has 294 valence electrons. The Kier molecular flexibility index (Phi) is 35.9. The lowest BCUT2D eigenvalue weighted by atomic mass is 10.1. The summed E-state index contributed by atoms with van der Waals surface area (Å²) in [4.78, 5) is 12.5. The molecule has 51 heavy (non-hydrogen) atoms. The Balaban J connectivity index is 4.03. The number of carbonyl (C=O) groups excluding carboxylic acids is 1. The van der Waals surface area contributed by atoms with Crippen LogP contribution >= 0.6 is 0 Å². The maximum atomic E-state index is 12.5. The first-order chi connectivity index (χ1) is 24.8. The van der Waals surface area contributed by atoms with E-state index in [-0.39, 0.29) is 12.3 Å². The zero-order valence-corrected chi connectivity index (χ0v) is 33.5. The van der Waals surface area contributed by atoms with E-state index in [1.54, 1.807) is 6.08 Å². The molecule has 0 saturated carbocycles. The molecule has 0 spiro atoms. The van der Waals surface area contributed by atoms with Gasteiger partial charge in [0.25, 0.3) is 10.1 Å². The van der Waals surface area contributed by atoms with Crippen molar-refractivity contribution in [2.24, 2.45) is 0 Å². The quantitative estimate of drug-likeness (QED) is 0.0338. The van der Waals surface area contributed by atoms with Crippen LogP contribution in [0.25, 0.3) is 0 Å². The molecule has 0 aliphatic rings. The summed E-state index contributed by atoms with van der Waals surface area (Å²) in [5.74, 6) is -1.04.